The molecule has 2 aromatic heterocycles. The maximum Gasteiger partial charge on any atom is 0.252 e. The summed E-state index contributed by atoms with van der Waals surface area (Å²) in [5.74, 6) is 0. The monoisotopic (exact) mass is 284 g/mol. The summed E-state index contributed by atoms with van der Waals surface area (Å²) in [6, 6.07) is 12.1. The molecule has 0 fully saturated rings. The van der Waals surface area contributed by atoms with Gasteiger partial charge in [0.05, 0.1) is 0 Å². The predicted molar refractivity (Wildman–Crippen MR) is 84.1 cm³/mol. The molecule has 3 rings (SSSR count). The van der Waals surface area contributed by atoms with Crippen LogP contribution in [0.4, 0.5) is 0 Å². The number of fused-ring (bicyclic) bond motifs is 1. The van der Waals surface area contributed by atoms with E-state index in [1.165, 1.54) is 5.56 Å². The zero-order valence-electron chi connectivity index (χ0n) is 11.2. The van der Waals surface area contributed by atoms with Gasteiger partial charge in [0, 0.05) is 23.7 Å². The van der Waals surface area contributed by atoms with Gasteiger partial charge in [0.25, 0.3) is 5.56 Å². The van der Waals surface area contributed by atoms with Crippen LogP contribution in [0.2, 0.25) is 0 Å². The van der Waals surface area contributed by atoms with Crippen LogP contribution in [0.15, 0.2) is 52.0 Å². The van der Waals surface area contributed by atoms with Crippen LogP contribution in [0, 0.1) is 0 Å². The summed E-state index contributed by atoms with van der Waals surface area (Å²) in [5.41, 5.74) is 2.89. The van der Waals surface area contributed by atoms with Crippen LogP contribution in [0.3, 0.4) is 0 Å². The van der Waals surface area contributed by atoms with Gasteiger partial charge in [-0.1, -0.05) is 18.2 Å². The molecule has 1 aromatic carbocycles. The Morgan fingerprint density at radius 1 is 1.30 bits per heavy atom. The Labute approximate surface area is 121 Å². The molecule has 0 saturated carbocycles. The van der Waals surface area contributed by atoms with Crippen molar-refractivity contribution >= 4 is 22.2 Å². The van der Waals surface area contributed by atoms with E-state index in [1.807, 2.05) is 30.3 Å². The third-order valence-electron chi connectivity index (χ3n) is 3.47. The first-order valence-corrected chi connectivity index (χ1v) is 7.55. The van der Waals surface area contributed by atoms with Crippen LogP contribution < -0.4 is 10.9 Å². The van der Waals surface area contributed by atoms with Gasteiger partial charge in [-0.05, 0) is 46.8 Å². The Morgan fingerprint density at radius 2 is 2.15 bits per heavy atom. The minimum Gasteiger partial charge on any atom is -0.322 e. The molecule has 0 aliphatic carbocycles. The third-order valence-corrected chi connectivity index (χ3v) is 4.17. The van der Waals surface area contributed by atoms with Crippen LogP contribution in [-0.2, 0) is 6.54 Å². The molecule has 1 unspecified atom stereocenters. The van der Waals surface area contributed by atoms with Gasteiger partial charge in [0.1, 0.15) is 0 Å². The Balaban J connectivity index is 1.80. The third kappa shape index (κ3) is 2.66. The van der Waals surface area contributed by atoms with Gasteiger partial charge in [-0.15, -0.1) is 0 Å². The molecule has 0 saturated heterocycles. The summed E-state index contributed by atoms with van der Waals surface area (Å²) in [4.78, 5) is 15.0. The molecule has 3 aromatic rings. The number of aromatic amines is 1. The predicted octanol–water partition coefficient (Wildman–Crippen LogP) is 3.44. The van der Waals surface area contributed by atoms with Gasteiger partial charge in [0.2, 0.25) is 0 Å². The van der Waals surface area contributed by atoms with E-state index in [2.05, 4.69) is 34.1 Å². The lowest BCUT2D eigenvalue weighted by molar-refractivity contribution is 0.574. The molecule has 0 aliphatic heterocycles. The SMILES string of the molecule is CC(NCc1cc2ccccc2[nH]c1=O)c1ccsc1. The number of rotatable bonds is 4. The molecular formula is C16H16N2OS. The van der Waals surface area contributed by atoms with Gasteiger partial charge in [-0.25, -0.2) is 0 Å². The van der Waals surface area contributed by atoms with Crippen molar-refractivity contribution in [2.45, 2.75) is 19.5 Å². The maximum absolute atomic E-state index is 12.0. The van der Waals surface area contributed by atoms with E-state index in [-0.39, 0.29) is 11.6 Å². The smallest absolute Gasteiger partial charge is 0.252 e. The Kier molecular flexibility index (Phi) is 3.67. The molecule has 4 heteroatoms. The van der Waals surface area contributed by atoms with Gasteiger partial charge in [-0.3, -0.25) is 4.79 Å². The van der Waals surface area contributed by atoms with Crippen molar-refractivity contribution in [3.8, 4) is 0 Å². The fraction of sp³-hybridized carbons (Fsp3) is 0.188. The molecule has 102 valence electrons. The number of hydrogen-bond donors (Lipinski definition) is 2. The van der Waals surface area contributed by atoms with Crippen molar-refractivity contribution < 1.29 is 0 Å². The molecule has 0 radical (unpaired) electrons. The second-order valence-corrected chi connectivity index (χ2v) is 5.65. The lowest BCUT2D eigenvalue weighted by Crippen LogP contribution is -2.23. The van der Waals surface area contributed by atoms with Gasteiger partial charge < -0.3 is 10.3 Å². The van der Waals surface area contributed by atoms with E-state index in [1.54, 1.807) is 11.3 Å². The summed E-state index contributed by atoms with van der Waals surface area (Å²) in [6.07, 6.45) is 0. The molecule has 20 heavy (non-hydrogen) atoms. The second kappa shape index (κ2) is 5.61. The summed E-state index contributed by atoms with van der Waals surface area (Å²) in [6.45, 7) is 2.68. The second-order valence-electron chi connectivity index (χ2n) is 4.87. The summed E-state index contributed by atoms with van der Waals surface area (Å²) < 4.78 is 0. The molecule has 2 heterocycles. The Morgan fingerprint density at radius 3 is 2.95 bits per heavy atom. The number of hydrogen-bond acceptors (Lipinski definition) is 3. The standard InChI is InChI=1S/C16H16N2OS/c1-11(13-6-7-20-10-13)17-9-14-8-12-4-2-3-5-15(12)18-16(14)19/h2-8,10-11,17H,9H2,1H3,(H,18,19). The summed E-state index contributed by atoms with van der Waals surface area (Å²) in [5, 5.41) is 8.65. The van der Waals surface area contributed by atoms with E-state index >= 15 is 0 Å². The number of benzene rings is 1. The average molecular weight is 284 g/mol. The number of thiophene rings is 1. The van der Waals surface area contributed by atoms with E-state index < -0.39 is 0 Å². The highest BCUT2D eigenvalue weighted by Crippen LogP contribution is 2.16. The Bertz CT molecular complexity index is 761. The zero-order chi connectivity index (χ0) is 13.9. The van der Waals surface area contributed by atoms with Gasteiger partial charge >= 0.3 is 0 Å². The van der Waals surface area contributed by atoms with Crippen LogP contribution >= 0.6 is 11.3 Å². The molecule has 0 aliphatic rings. The van der Waals surface area contributed by atoms with Gasteiger partial charge in [-0.2, -0.15) is 11.3 Å². The number of nitrogens with one attached hydrogen (secondary N) is 2. The highest BCUT2D eigenvalue weighted by molar-refractivity contribution is 7.07. The van der Waals surface area contributed by atoms with Crippen molar-refractivity contribution in [1.82, 2.24) is 10.3 Å². The molecule has 0 spiro atoms. The zero-order valence-corrected chi connectivity index (χ0v) is 12.0. The first kappa shape index (κ1) is 13.1. The van der Waals surface area contributed by atoms with E-state index in [9.17, 15) is 4.79 Å². The maximum atomic E-state index is 12.0. The average Bonchev–Trinajstić information content (AvgIpc) is 2.99. The molecule has 2 N–H and O–H groups in total. The van der Waals surface area contributed by atoms with Crippen LogP contribution in [0.25, 0.3) is 10.9 Å². The largest absolute Gasteiger partial charge is 0.322 e. The van der Waals surface area contributed by atoms with E-state index in [0.29, 0.717) is 6.54 Å². The van der Waals surface area contributed by atoms with Crippen molar-refractivity contribution in [3.63, 3.8) is 0 Å². The quantitative estimate of drug-likeness (QED) is 0.771. The normalized spacial score (nSPS) is 12.7. The molecule has 0 amide bonds. The highest BCUT2D eigenvalue weighted by Gasteiger charge is 2.07. The van der Waals surface area contributed by atoms with Crippen LogP contribution in [-0.4, -0.2) is 4.98 Å². The molecule has 0 bridgehead atoms. The van der Waals surface area contributed by atoms with Crippen molar-refractivity contribution in [3.05, 3.63) is 68.6 Å². The molecule has 1 atom stereocenters. The molecule has 3 nitrogen and oxygen atoms in total. The fourth-order valence-electron chi connectivity index (χ4n) is 2.23. The first-order chi connectivity index (χ1) is 9.74. The van der Waals surface area contributed by atoms with Gasteiger partial charge in [0.15, 0.2) is 0 Å². The number of aromatic nitrogens is 1. The van der Waals surface area contributed by atoms with Crippen molar-refractivity contribution in [1.29, 1.82) is 0 Å². The van der Waals surface area contributed by atoms with Crippen molar-refractivity contribution in [2.75, 3.05) is 0 Å². The number of pyridine rings is 1. The minimum atomic E-state index is -0.0197. The number of para-hydroxylation sites is 1. The summed E-state index contributed by atoms with van der Waals surface area (Å²) in [7, 11) is 0. The van der Waals surface area contributed by atoms with Crippen molar-refractivity contribution in [2.24, 2.45) is 0 Å². The van der Waals surface area contributed by atoms with E-state index in [0.717, 1.165) is 16.5 Å². The lowest BCUT2D eigenvalue weighted by Gasteiger charge is -2.12. The topological polar surface area (TPSA) is 44.9 Å². The van der Waals surface area contributed by atoms with Crippen LogP contribution in [0.1, 0.15) is 24.1 Å². The van der Waals surface area contributed by atoms with Crippen LogP contribution in [0.5, 0.6) is 0 Å². The minimum absolute atomic E-state index is 0.0197. The first-order valence-electron chi connectivity index (χ1n) is 6.60. The number of H-pyrrole nitrogens is 1. The lowest BCUT2D eigenvalue weighted by atomic mass is 10.1. The molecular weight excluding hydrogens is 268 g/mol. The fourth-order valence-corrected chi connectivity index (χ4v) is 2.98. The highest BCUT2D eigenvalue weighted by atomic mass is 32.1. The Hall–Kier alpha value is -1.91. The summed E-state index contributed by atoms with van der Waals surface area (Å²) >= 11 is 1.69. The van der Waals surface area contributed by atoms with E-state index in [4.69, 9.17) is 0 Å².